The van der Waals surface area contributed by atoms with Crippen molar-refractivity contribution in [2.75, 3.05) is 39.3 Å². The number of hydrogen-bond acceptors (Lipinski definition) is 6. The van der Waals surface area contributed by atoms with Gasteiger partial charge in [0, 0.05) is 44.5 Å². The molecule has 1 aromatic rings. The fraction of sp³-hybridized carbons (Fsp3) is 0.643. The van der Waals surface area contributed by atoms with Crippen LogP contribution in [-0.4, -0.2) is 58.5 Å². The molecule has 0 unspecified atom stereocenters. The highest BCUT2D eigenvalue weighted by molar-refractivity contribution is 7.91. The van der Waals surface area contributed by atoms with Crippen LogP contribution in [0.3, 0.4) is 0 Å². The molecule has 3 N–H and O–H groups in total. The summed E-state index contributed by atoms with van der Waals surface area (Å²) in [5.74, 6) is -0.131. The Labute approximate surface area is 165 Å². The number of rotatable bonds is 8. The van der Waals surface area contributed by atoms with Gasteiger partial charge >= 0.3 is 0 Å². The minimum atomic E-state index is -3.46. The average molecular weight is 433 g/mol. The fourth-order valence-electron chi connectivity index (χ4n) is 2.32. The van der Waals surface area contributed by atoms with Crippen LogP contribution < -0.4 is 15.4 Å². The number of carbonyl (C=O) groups excluding carboxylic acids is 1. The van der Waals surface area contributed by atoms with E-state index in [1.807, 2.05) is 0 Å². The lowest BCUT2D eigenvalue weighted by Gasteiger charge is -2.26. The number of carbonyl (C=O) groups is 1. The van der Waals surface area contributed by atoms with E-state index in [-0.39, 0.29) is 30.7 Å². The van der Waals surface area contributed by atoms with Crippen LogP contribution in [0.25, 0.3) is 0 Å². The molecule has 0 saturated carbocycles. The molecule has 0 aliphatic carbocycles. The molecule has 1 saturated heterocycles. The molecule has 2 heterocycles. The van der Waals surface area contributed by atoms with E-state index < -0.39 is 10.0 Å². The van der Waals surface area contributed by atoms with E-state index >= 15 is 0 Å². The van der Waals surface area contributed by atoms with Crippen LogP contribution in [0.15, 0.2) is 16.3 Å². The summed E-state index contributed by atoms with van der Waals surface area (Å²) in [5, 5.41) is 5.95. The van der Waals surface area contributed by atoms with Crippen LogP contribution in [0.4, 0.5) is 0 Å². The molecule has 0 bridgehead atoms. The third-order valence-corrected chi connectivity index (χ3v) is 6.60. The highest BCUT2D eigenvalue weighted by Crippen LogP contribution is 2.21. The molecule has 1 fully saturated rings. The predicted molar refractivity (Wildman–Crippen MR) is 105 cm³/mol. The fourth-order valence-corrected chi connectivity index (χ4v) is 4.74. The first-order chi connectivity index (χ1) is 11.0. The molecule has 1 aromatic heterocycles. The molecule has 11 heteroatoms. The van der Waals surface area contributed by atoms with Crippen LogP contribution in [0.2, 0.25) is 0 Å². The molecule has 146 valence electrons. The van der Waals surface area contributed by atoms with Gasteiger partial charge in [-0.2, -0.15) is 0 Å². The molecule has 1 aliphatic heterocycles. The third-order valence-electron chi connectivity index (χ3n) is 3.57. The van der Waals surface area contributed by atoms with E-state index in [0.717, 1.165) is 44.0 Å². The maximum atomic E-state index is 12.2. The molecule has 1 amide bonds. The highest BCUT2D eigenvalue weighted by atomic mass is 35.5. The van der Waals surface area contributed by atoms with Crippen molar-refractivity contribution in [3.63, 3.8) is 0 Å². The van der Waals surface area contributed by atoms with Gasteiger partial charge in [0.05, 0.1) is 6.54 Å². The van der Waals surface area contributed by atoms with Crippen molar-refractivity contribution in [3.8, 4) is 0 Å². The normalized spacial score (nSPS) is 15.1. The first-order valence-electron chi connectivity index (χ1n) is 7.73. The second-order valence-corrected chi connectivity index (χ2v) is 8.64. The maximum absolute atomic E-state index is 12.2. The van der Waals surface area contributed by atoms with Gasteiger partial charge in [0.1, 0.15) is 4.21 Å². The van der Waals surface area contributed by atoms with Crippen molar-refractivity contribution in [2.45, 2.75) is 24.1 Å². The Morgan fingerprint density at radius 3 is 2.60 bits per heavy atom. The number of thiophene rings is 1. The summed E-state index contributed by atoms with van der Waals surface area (Å²) in [6.07, 6.45) is 0.795. The molecule has 2 rings (SSSR count). The zero-order valence-electron chi connectivity index (χ0n) is 14.1. The number of nitrogens with zero attached hydrogens (tertiary/aromatic N) is 1. The summed E-state index contributed by atoms with van der Waals surface area (Å²) >= 11 is 1.18. The van der Waals surface area contributed by atoms with E-state index in [2.05, 4.69) is 20.3 Å². The molecule has 0 radical (unpaired) electrons. The number of piperazine rings is 1. The predicted octanol–water partition coefficient (Wildman–Crippen LogP) is 0.801. The van der Waals surface area contributed by atoms with Crippen LogP contribution in [0.1, 0.15) is 18.2 Å². The minimum absolute atomic E-state index is 0. The van der Waals surface area contributed by atoms with Gasteiger partial charge in [0.25, 0.3) is 0 Å². The molecular formula is C14H26Cl2N4O3S2. The van der Waals surface area contributed by atoms with Crippen molar-refractivity contribution in [1.82, 2.24) is 20.3 Å². The van der Waals surface area contributed by atoms with Crippen LogP contribution in [0.5, 0.6) is 0 Å². The van der Waals surface area contributed by atoms with E-state index in [4.69, 9.17) is 0 Å². The molecular weight excluding hydrogens is 407 g/mol. The summed E-state index contributed by atoms with van der Waals surface area (Å²) in [4.78, 5) is 14.0. The number of halogens is 2. The first kappa shape index (κ1) is 24.6. The maximum Gasteiger partial charge on any atom is 0.250 e. The van der Waals surface area contributed by atoms with Gasteiger partial charge in [0.15, 0.2) is 0 Å². The van der Waals surface area contributed by atoms with Gasteiger partial charge in [-0.05, 0) is 25.1 Å². The van der Waals surface area contributed by atoms with Gasteiger partial charge in [-0.25, -0.2) is 13.1 Å². The second kappa shape index (κ2) is 12.1. The van der Waals surface area contributed by atoms with Gasteiger partial charge in [-0.3, -0.25) is 4.79 Å². The lowest BCUT2D eigenvalue weighted by atomic mass is 10.3. The van der Waals surface area contributed by atoms with Crippen molar-refractivity contribution < 1.29 is 13.2 Å². The van der Waals surface area contributed by atoms with Gasteiger partial charge in [-0.15, -0.1) is 36.2 Å². The summed E-state index contributed by atoms with van der Waals surface area (Å²) in [6.45, 7) is 7.17. The van der Waals surface area contributed by atoms with E-state index in [1.165, 1.54) is 18.3 Å². The van der Waals surface area contributed by atoms with Gasteiger partial charge in [0.2, 0.25) is 15.9 Å². The summed E-state index contributed by atoms with van der Waals surface area (Å²) in [6, 6.07) is 3.32. The van der Waals surface area contributed by atoms with Crippen LogP contribution in [-0.2, 0) is 21.4 Å². The second-order valence-electron chi connectivity index (χ2n) is 5.47. The topological polar surface area (TPSA) is 90.5 Å². The standard InChI is InChI=1S/C14H24N4O3S2.2ClH/c1-12(19)16-11-13-3-4-14(22-13)23(20,21)17-5-2-8-18-9-6-15-7-10-18;;/h3-4,15,17H,2,5-11H2,1H3,(H,16,19);2*1H. The van der Waals surface area contributed by atoms with Crippen molar-refractivity contribution in [3.05, 3.63) is 17.0 Å². The van der Waals surface area contributed by atoms with E-state index in [9.17, 15) is 13.2 Å². The zero-order chi connectivity index (χ0) is 16.7. The summed E-state index contributed by atoms with van der Waals surface area (Å²) in [7, 11) is -3.46. The third kappa shape index (κ3) is 8.67. The SMILES string of the molecule is CC(=O)NCc1ccc(S(=O)(=O)NCCCN2CCNCC2)s1.Cl.Cl. The van der Waals surface area contributed by atoms with Crippen molar-refractivity contribution in [2.24, 2.45) is 0 Å². The smallest absolute Gasteiger partial charge is 0.250 e. The molecule has 7 nitrogen and oxygen atoms in total. The molecule has 0 atom stereocenters. The zero-order valence-corrected chi connectivity index (χ0v) is 17.4. The number of amides is 1. The first-order valence-corrected chi connectivity index (χ1v) is 10.0. The number of nitrogens with one attached hydrogen (secondary N) is 3. The number of sulfonamides is 1. The largest absolute Gasteiger partial charge is 0.351 e. The monoisotopic (exact) mass is 432 g/mol. The van der Waals surface area contributed by atoms with Gasteiger partial charge < -0.3 is 15.5 Å². The van der Waals surface area contributed by atoms with Crippen LogP contribution in [0, 0.1) is 0 Å². The summed E-state index contributed by atoms with van der Waals surface area (Å²) < 4.78 is 27.4. The van der Waals surface area contributed by atoms with Gasteiger partial charge in [-0.1, -0.05) is 0 Å². The lowest BCUT2D eigenvalue weighted by molar-refractivity contribution is -0.119. The van der Waals surface area contributed by atoms with E-state index in [1.54, 1.807) is 12.1 Å². The molecule has 1 aliphatic rings. The Kier molecular flexibility index (Phi) is 11.9. The Hall–Kier alpha value is -0.420. The Morgan fingerprint density at radius 2 is 1.96 bits per heavy atom. The van der Waals surface area contributed by atoms with Crippen molar-refractivity contribution in [1.29, 1.82) is 0 Å². The van der Waals surface area contributed by atoms with E-state index in [0.29, 0.717) is 17.3 Å². The molecule has 25 heavy (non-hydrogen) atoms. The Balaban J connectivity index is 0.00000288. The molecule has 0 spiro atoms. The average Bonchev–Trinajstić information content (AvgIpc) is 3.00. The highest BCUT2D eigenvalue weighted by Gasteiger charge is 2.16. The Morgan fingerprint density at radius 1 is 1.28 bits per heavy atom. The Bertz CT molecular complexity index is 619. The number of hydrogen-bond donors (Lipinski definition) is 3. The van der Waals surface area contributed by atoms with Crippen molar-refractivity contribution >= 4 is 52.1 Å². The minimum Gasteiger partial charge on any atom is -0.351 e. The lowest BCUT2D eigenvalue weighted by Crippen LogP contribution is -2.44. The summed E-state index contributed by atoms with van der Waals surface area (Å²) in [5.41, 5.74) is 0. The quantitative estimate of drug-likeness (QED) is 0.528. The van der Waals surface area contributed by atoms with Crippen LogP contribution >= 0.6 is 36.2 Å². The molecule has 0 aromatic carbocycles.